The number of nitrogens with zero attached hydrogens (tertiary/aromatic N) is 2. The van der Waals surface area contributed by atoms with Crippen LogP contribution in [0.4, 0.5) is 0 Å². The number of hydrogen-bond acceptors (Lipinski definition) is 4. The molecule has 4 rings (SSSR count). The van der Waals surface area contributed by atoms with Crippen molar-refractivity contribution in [3.8, 4) is 11.5 Å². The van der Waals surface area contributed by atoms with Crippen molar-refractivity contribution >= 4 is 11.1 Å². The van der Waals surface area contributed by atoms with Gasteiger partial charge in [-0.25, -0.2) is 0 Å². The summed E-state index contributed by atoms with van der Waals surface area (Å²) in [6.45, 7) is 3.18. The summed E-state index contributed by atoms with van der Waals surface area (Å²) in [6.07, 6.45) is 2.02. The van der Waals surface area contributed by atoms with Gasteiger partial charge in [-0.1, -0.05) is 48.5 Å². The van der Waals surface area contributed by atoms with E-state index in [1.54, 1.807) is 0 Å². The summed E-state index contributed by atoms with van der Waals surface area (Å²) < 4.78 is 12.0. The Morgan fingerprint density at radius 1 is 0.647 bits per heavy atom. The topological polar surface area (TPSA) is 24.9 Å². The summed E-state index contributed by atoms with van der Waals surface area (Å²) in [4.78, 5) is 4.27. The smallest absolute Gasteiger partial charge is 0.119 e. The molecule has 0 bridgehead atoms. The maximum atomic E-state index is 6.03. The van der Waals surface area contributed by atoms with Gasteiger partial charge >= 0.3 is 0 Å². The first-order chi connectivity index (χ1) is 16.5. The first-order valence-electron chi connectivity index (χ1n) is 12.1. The molecule has 0 aromatic heterocycles. The molecule has 1 aliphatic carbocycles. The lowest BCUT2D eigenvalue weighted by Gasteiger charge is -2.25. The fraction of sp³-hybridized carbons (Fsp3) is 0.333. The summed E-state index contributed by atoms with van der Waals surface area (Å²) in [6, 6.07) is 25.9. The Morgan fingerprint density at radius 3 is 1.91 bits per heavy atom. The van der Waals surface area contributed by atoms with Crippen LogP contribution in [0.3, 0.4) is 0 Å². The molecule has 0 N–H and O–H groups in total. The van der Waals surface area contributed by atoms with Gasteiger partial charge in [-0.2, -0.15) is 0 Å². The lowest BCUT2D eigenvalue weighted by molar-refractivity contribution is 0.261. The predicted molar refractivity (Wildman–Crippen MR) is 142 cm³/mol. The largest absolute Gasteiger partial charge is 0.492 e. The zero-order valence-electron chi connectivity index (χ0n) is 20.9. The molecule has 4 heteroatoms. The lowest BCUT2D eigenvalue weighted by atomic mass is 9.79. The van der Waals surface area contributed by atoms with Gasteiger partial charge in [0, 0.05) is 13.1 Å². The van der Waals surface area contributed by atoms with Crippen LogP contribution in [0, 0.1) is 0 Å². The van der Waals surface area contributed by atoms with Crippen LogP contribution in [0.2, 0.25) is 0 Å². The van der Waals surface area contributed by atoms with Crippen molar-refractivity contribution in [2.45, 2.75) is 12.8 Å². The molecule has 0 spiro atoms. The normalized spacial score (nSPS) is 13.4. The minimum Gasteiger partial charge on any atom is -0.492 e. The van der Waals surface area contributed by atoms with E-state index in [9.17, 15) is 0 Å². The predicted octanol–water partition coefficient (Wildman–Crippen LogP) is 5.47. The van der Waals surface area contributed by atoms with Crippen molar-refractivity contribution in [1.82, 2.24) is 9.80 Å². The van der Waals surface area contributed by atoms with Crippen LogP contribution >= 0.6 is 0 Å². The van der Waals surface area contributed by atoms with Gasteiger partial charge in [-0.3, -0.25) is 0 Å². The number of allylic oxidation sites excluding steroid dienone is 1. The number of benzene rings is 3. The standard InChI is InChI=1S/C30H36N2O2/c1-31(2)18-20-33-26-13-10-24(11-14-26)30-28(23-8-6-5-7-9-23)16-12-25-22-27(15-17-29(25)30)34-21-19-32(3)4/h5-11,13-15,17,22H,12,16,18-21H2,1-4H3. The van der Waals surface area contributed by atoms with Crippen molar-refractivity contribution in [3.63, 3.8) is 0 Å². The number of hydrogen-bond donors (Lipinski definition) is 0. The van der Waals surface area contributed by atoms with Crippen LogP contribution in [0.25, 0.3) is 11.1 Å². The SMILES string of the molecule is CN(C)CCOc1ccc(C2=C(c3ccccc3)CCc3cc(OCCN(C)C)ccc32)cc1. The van der Waals surface area contributed by atoms with Gasteiger partial charge < -0.3 is 19.3 Å². The molecular formula is C30H36N2O2. The molecule has 0 amide bonds. The fourth-order valence-electron chi connectivity index (χ4n) is 4.33. The van der Waals surface area contributed by atoms with Crippen LogP contribution in [0.1, 0.15) is 28.7 Å². The van der Waals surface area contributed by atoms with Crippen LogP contribution in [0.15, 0.2) is 72.8 Å². The second kappa shape index (κ2) is 11.4. The summed E-state index contributed by atoms with van der Waals surface area (Å²) in [5, 5.41) is 0. The maximum Gasteiger partial charge on any atom is 0.119 e. The molecule has 178 valence electrons. The minimum atomic E-state index is 0.684. The summed E-state index contributed by atoms with van der Waals surface area (Å²) in [5.74, 6) is 1.86. The highest BCUT2D eigenvalue weighted by atomic mass is 16.5. The third-order valence-electron chi connectivity index (χ3n) is 6.17. The van der Waals surface area contributed by atoms with Gasteiger partial charge in [-0.05, 0) is 98.7 Å². The van der Waals surface area contributed by atoms with Gasteiger partial charge in [0.05, 0.1) is 0 Å². The highest BCUT2D eigenvalue weighted by Crippen LogP contribution is 2.42. The number of likely N-dealkylation sites (N-methyl/N-ethyl adjacent to an activating group) is 2. The highest BCUT2D eigenvalue weighted by molar-refractivity contribution is 6.00. The van der Waals surface area contributed by atoms with E-state index in [0.29, 0.717) is 13.2 Å². The van der Waals surface area contributed by atoms with E-state index in [1.807, 2.05) is 0 Å². The summed E-state index contributed by atoms with van der Waals surface area (Å²) >= 11 is 0. The average Bonchev–Trinajstić information content (AvgIpc) is 2.84. The van der Waals surface area contributed by atoms with E-state index in [0.717, 1.165) is 37.4 Å². The van der Waals surface area contributed by atoms with Gasteiger partial charge in [-0.15, -0.1) is 0 Å². The van der Waals surface area contributed by atoms with Gasteiger partial charge in [0.15, 0.2) is 0 Å². The Balaban J connectivity index is 1.66. The number of ether oxygens (including phenoxy) is 2. The molecule has 0 unspecified atom stereocenters. The fourth-order valence-corrected chi connectivity index (χ4v) is 4.33. The molecule has 4 nitrogen and oxygen atoms in total. The first-order valence-corrected chi connectivity index (χ1v) is 12.1. The Kier molecular flexibility index (Phi) is 8.04. The Labute approximate surface area is 204 Å². The average molecular weight is 457 g/mol. The summed E-state index contributed by atoms with van der Waals surface area (Å²) in [5.41, 5.74) is 7.87. The molecule has 0 heterocycles. The molecule has 0 saturated heterocycles. The molecule has 0 saturated carbocycles. The number of rotatable bonds is 10. The second-order valence-corrected chi connectivity index (χ2v) is 9.37. The molecule has 3 aromatic carbocycles. The maximum absolute atomic E-state index is 6.03. The van der Waals surface area contributed by atoms with E-state index in [-0.39, 0.29) is 0 Å². The van der Waals surface area contributed by atoms with Gasteiger partial charge in [0.25, 0.3) is 0 Å². The van der Waals surface area contributed by atoms with E-state index in [4.69, 9.17) is 9.47 Å². The number of fused-ring (bicyclic) bond motifs is 1. The van der Waals surface area contributed by atoms with Gasteiger partial charge in [0.1, 0.15) is 24.7 Å². The molecule has 3 aromatic rings. The lowest BCUT2D eigenvalue weighted by Crippen LogP contribution is -2.19. The minimum absolute atomic E-state index is 0.684. The molecule has 0 aliphatic heterocycles. The van der Waals surface area contributed by atoms with Crippen molar-refractivity contribution in [3.05, 3.63) is 95.1 Å². The first kappa shape index (κ1) is 24.1. The zero-order chi connectivity index (χ0) is 23.9. The molecule has 0 fully saturated rings. The van der Waals surface area contributed by atoms with Gasteiger partial charge in [0.2, 0.25) is 0 Å². The van der Waals surface area contributed by atoms with E-state index in [2.05, 4.69) is 111 Å². The van der Waals surface area contributed by atoms with E-state index in [1.165, 1.54) is 33.4 Å². The Morgan fingerprint density at radius 2 is 1.26 bits per heavy atom. The number of aryl methyl sites for hydroxylation is 1. The molecule has 0 radical (unpaired) electrons. The van der Waals surface area contributed by atoms with Crippen LogP contribution in [0.5, 0.6) is 11.5 Å². The molecule has 0 atom stereocenters. The van der Waals surface area contributed by atoms with Crippen molar-refractivity contribution in [2.75, 3.05) is 54.5 Å². The third-order valence-corrected chi connectivity index (χ3v) is 6.17. The highest BCUT2D eigenvalue weighted by Gasteiger charge is 2.22. The molecular weight excluding hydrogens is 420 g/mol. The van der Waals surface area contributed by atoms with E-state index < -0.39 is 0 Å². The zero-order valence-corrected chi connectivity index (χ0v) is 20.9. The summed E-state index contributed by atoms with van der Waals surface area (Å²) in [7, 11) is 8.25. The second-order valence-electron chi connectivity index (χ2n) is 9.37. The van der Waals surface area contributed by atoms with Crippen LogP contribution in [-0.4, -0.2) is 64.3 Å². The van der Waals surface area contributed by atoms with Crippen LogP contribution < -0.4 is 9.47 Å². The van der Waals surface area contributed by atoms with Crippen molar-refractivity contribution in [2.24, 2.45) is 0 Å². The monoisotopic (exact) mass is 456 g/mol. The third kappa shape index (κ3) is 6.07. The Bertz CT molecular complexity index is 1100. The molecule has 34 heavy (non-hydrogen) atoms. The van der Waals surface area contributed by atoms with Crippen molar-refractivity contribution < 1.29 is 9.47 Å². The van der Waals surface area contributed by atoms with E-state index >= 15 is 0 Å². The van der Waals surface area contributed by atoms with Crippen LogP contribution in [-0.2, 0) is 6.42 Å². The quantitative estimate of drug-likeness (QED) is 0.404. The molecule has 1 aliphatic rings. The Hall–Kier alpha value is -3.08. The van der Waals surface area contributed by atoms with Crippen molar-refractivity contribution in [1.29, 1.82) is 0 Å².